The number of nitrogens with one attached hydrogen (secondary N) is 1. The highest BCUT2D eigenvalue weighted by Gasteiger charge is 2.35. The molecular weight excluding hydrogens is 229 g/mol. The van der Waals surface area contributed by atoms with Gasteiger partial charge in [0, 0.05) is 5.54 Å². The quantitative estimate of drug-likeness (QED) is 0.625. The van der Waals surface area contributed by atoms with Crippen LogP contribution in [0, 0.1) is 12.7 Å². The first-order valence-corrected chi connectivity index (χ1v) is 6.26. The van der Waals surface area contributed by atoms with Crippen molar-refractivity contribution in [2.45, 2.75) is 38.8 Å². The van der Waals surface area contributed by atoms with Gasteiger partial charge in [-0.2, -0.15) is 0 Å². The fourth-order valence-electron chi connectivity index (χ4n) is 2.35. The van der Waals surface area contributed by atoms with Crippen LogP contribution in [0.1, 0.15) is 37.4 Å². The molecule has 1 aromatic rings. The first kappa shape index (κ1) is 15.1. The van der Waals surface area contributed by atoms with E-state index in [-0.39, 0.29) is 17.4 Å². The summed E-state index contributed by atoms with van der Waals surface area (Å²) in [5, 5.41) is 0. The molecule has 0 saturated heterocycles. The zero-order valence-electron chi connectivity index (χ0n) is 11.9. The Labute approximate surface area is 109 Å². The first-order valence-electron chi connectivity index (χ1n) is 6.26. The molecule has 0 amide bonds. The summed E-state index contributed by atoms with van der Waals surface area (Å²) in [7, 11) is 4.07. The molecule has 102 valence electrons. The van der Waals surface area contributed by atoms with Gasteiger partial charge in [0.1, 0.15) is 5.82 Å². The van der Waals surface area contributed by atoms with Crippen molar-refractivity contribution in [2.24, 2.45) is 5.84 Å². The van der Waals surface area contributed by atoms with E-state index in [4.69, 9.17) is 5.84 Å². The molecule has 3 N–H and O–H groups in total. The third kappa shape index (κ3) is 2.71. The van der Waals surface area contributed by atoms with E-state index < -0.39 is 0 Å². The van der Waals surface area contributed by atoms with Gasteiger partial charge in [0.25, 0.3) is 0 Å². The van der Waals surface area contributed by atoms with E-state index >= 15 is 0 Å². The van der Waals surface area contributed by atoms with Crippen molar-refractivity contribution in [3.63, 3.8) is 0 Å². The fourth-order valence-corrected chi connectivity index (χ4v) is 2.35. The highest BCUT2D eigenvalue weighted by Crippen LogP contribution is 2.33. The van der Waals surface area contributed by atoms with Crippen LogP contribution in [0.25, 0.3) is 0 Å². The zero-order chi connectivity index (χ0) is 13.9. The van der Waals surface area contributed by atoms with E-state index in [0.717, 1.165) is 17.5 Å². The van der Waals surface area contributed by atoms with Gasteiger partial charge < -0.3 is 4.90 Å². The van der Waals surface area contributed by atoms with E-state index in [1.165, 1.54) is 6.07 Å². The van der Waals surface area contributed by atoms with E-state index in [9.17, 15) is 4.39 Å². The first-order chi connectivity index (χ1) is 8.36. The van der Waals surface area contributed by atoms with Gasteiger partial charge >= 0.3 is 0 Å². The van der Waals surface area contributed by atoms with Crippen molar-refractivity contribution in [2.75, 3.05) is 14.1 Å². The van der Waals surface area contributed by atoms with Crippen molar-refractivity contribution in [1.82, 2.24) is 10.3 Å². The molecule has 0 fully saturated rings. The summed E-state index contributed by atoms with van der Waals surface area (Å²) in [4.78, 5) is 2.15. The summed E-state index contributed by atoms with van der Waals surface area (Å²) >= 11 is 0. The van der Waals surface area contributed by atoms with Gasteiger partial charge in [0.2, 0.25) is 0 Å². The smallest absolute Gasteiger partial charge is 0.123 e. The number of nitrogens with zero attached hydrogens (tertiary/aromatic N) is 1. The molecule has 0 radical (unpaired) electrons. The van der Waals surface area contributed by atoms with Crippen LogP contribution < -0.4 is 11.3 Å². The molecule has 4 heteroatoms. The second kappa shape index (κ2) is 5.78. The van der Waals surface area contributed by atoms with Crippen LogP contribution in [0.4, 0.5) is 4.39 Å². The number of likely N-dealkylation sites (N-methyl/N-ethyl adjacent to an activating group) is 1. The average molecular weight is 253 g/mol. The lowest BCUT2D eigenvalue weighted by atomic mass is 9.82. The molecule has 1 aromatic carbocycles. The van der Waals surface area contributed by atoms with Gasteiger partial charge in [0.15, 0.2) is 0 Å². The summed E-state index contributed by atoms with van der Waals surface area (Å²) in [5.41, 5.74) is 4.71. The number of benzene rings is 1. The monoisotopic (exact) mass is 253 g/mol. The molecule has 0 aliphatic heterocycles. The molecule has 0 bridgehead atoms. The third-order valence-corrected chi connectivity index (χ3v) is 4.07. The van der Waals surface area contributed by atoms with E-state index in [2.05, 4.69) is 24.2 Å². The lowest BCUT2D eigenvalue weighted by molar-refractivity contribution is 0.112. The highest BCUT2D eigenvalue weighted by molar-refractivity contribution is 5.32. The maximum absolute atomic E-state index is 13.2. The zero-order valence-corrected chi connectivity index (χ0v) is 11.9. The van der Waals surface area contributed by atoms with Crippen LogP contribution in [-0.4, -0.2) is 24.5 Å². The van der Waals surface area contributed by atoms with Gasteiger partial charge in [-0.1, -0.05) is 13.0 Å². The largest absolute Gasteiger partial charge is 0.302 e. The summed E-state index contributed by atoms with van der Waals surface area (Å²) in [6.45, 7) is 6.19. The van der Waals surface area contributed by atoms with Crippen molar-refractivity contribution in [3.05, 3.63) is 35.1 Å². The number of hydrazine groups is 1. The molecule has 0 spiro atoms. The molecule has 2 atom stereocenters. The second-order valence-corrected chi connectivity index (χ2v) is 5.21. The number of halogens is 1. The summed E-state index contributed by atoms with van der Waals surface area (Å²) < 4.78 is 13.2. The van der Waals surface area contributed by atoms with E-state index in [0.29, 0.717) is 0 Å². The standard InChI is InChI=1S/C14H24FN3/c1-6-14(3,18(4)5)13(17-16)12-8-7-11(15)9-10(12)2/h7-9,13,17H,6,16H2,1-5H3. The molecular formula is C14H24FN3. The number of nitrogens with two attached hydrogens (primary N) is 1. The number of rotatable bonds is 5. The van der Waals surface area contributed by atoms with Crippen molar-refractivity contribution >= 4 is 0 Å². The molecule has 18 heavy (non-hydrogen) atoms. The Morgan fingerprint density at radius 1 is 1.44 bits per heavy atom. The Bertz CT molecular complexity index is 406. The highest BCUT2D eigenvalue weighted by atomic mass is 19.1. The molecule has 3 nitrogen and oxygen atoms in total. The summed E-state index contributed by atoms with van der Waals surface area (Å²) in [6.07, 6.45) is 0.936. The molecule has 2 unspecified atom stereocenters. The van der Waals surface area contributed by atoms with E-state index in [1.54, 1.807) is 6.07 Å². The van der Waals surface area contributed by atoms with Crippen LogP contribution in [-0.2, 0) is 0 Å². The van der Waals surface area contributed by atoms with Crippen molar-refractivity contribution in [3.8, 4) is 0 Å². The average Bonchev–Trinajstić information content (AvgIpc) is 2.32. The van der Waals surface area contributed by atoms with Gasteiger partial charge in [-0.15, -0.1) is 0 Å². The van der Waals surface area contributed by atoms with Crippen molar-refractivity contribution < 1.29 is 4.39 Å². The number of aryl methyl sites for hydroxylation is 1. The minimum Gasteiger partial charge on any atom is -0.302 e. The second-order valence-electron chi connectivity index (χ2n) is 5.21. The van der Waals surface area contributed by atoms with Crippen LogP contribution in [0.3, 0.4) is 0 Å². The Morgan fingerprint density at radius 2 is 2.06 bits per heavy atom. The molecule has 0 heterocycles. The van der Waals surface area contributed by atoms with Crippen LogP contribution in [0.5, 0.6) is 0 Å². The Hall–Kier alpha value is -0.970. The third-order valence-electron chi connectivity index (χ3n) is 4.07. The van der Waals surface area contributed by atoms with Crippen LogP contribution in [0.15, 0.2) is 18.2 Å². The van der Waals surface area contributed by atoms with Gasteiger partial charge in [-0.05, 0) is 57.6 Å². The number of hydrogen-bond donors (Lipinski definition) is 2. The molecule has 0 aromatic heterocycles. The molecule has 1 rings (SSSR count). The maximum Gasteiger partial charge on any atom is 0.123 e. The van der Waals surface area contributed by atoms with Crippen molar-refractivity contribution in [1.29, 1.82) is 0 Å². The fraction of sp³-hybridized carbons (Fsp3) is 0.571. The predicted molar refractivity (Wildman–Crippen MR) is 73.6 cm³/mol. The van der Waals surface area contributed by atoms with Gasteiger partial charge in [-0.3, -0.25) is 11.3 Å². The Balaban J connectivity index is 3.24. The topological polar surface area (TPSA) is 41.3 Å². The molecule has 0 saturated carbocycles. The summed E-state index contributed by atoms with van der Waals surface area (Å²) in [6, 6.07) is 4.80. The van der Waals surface area contributed by atoms with Gasteiger partial charge in [0.05, 0.1) is 6.04 Å². The lowest BCUT2D eigenvalue weighted by Crippen LogP contribution is -2.53. The normalized spacial score (nSPS) is 16.7. The predicted octanol–water partition coefficient (Wildman–Crippen LogP) is 2.37. The minimum absolute atomic E-state index is 0.0434. The molecule has 0 aliphatic rings. The maximum atomic E-state index is 13.2. The number of hydrogen-bond acceptors (Lipinski definition) is 3. The SMILES string of the molecule is CCC(C)(C(NN)c1ccc(F)cc1C)N(C)C. The van der Waals surface area contributed by atoms with E-state index in [1.807, 2.05) is 27.1 Å². The molecule has 0 aliphatic carbocycles. The Morgan fingerprint density at radius 3 is 2.44 bits per heavy atom. The van der Waals surface area contributed by atoms with Gasteiger partial charge in [-0.25, -0.2) is 4.39 Å². The van der Waals surface area contributed by atoms with Crippen LogP contribution in [0.2, 0.25) is 0 Å². The lowest BCUT2D eigenvalue weighted by Gasteiger charge is -2.43. The summed E-state index contributed by atoms with van der Waals surface area (Å²) in [5.74, 6) is 5.53. The van der Waals surface area contributed by atoms with Crippen LogP contribution >= 0.6 is 0 Å². The Kier molecular flexibility index (Phi) is 4.85. The minimum atomic E-state index is -0.213.